The van der Waals surface area contributed by atoms with E-state index in [-0.39, 0.29) is 12.7 Å². The molecule has 13 heavy (non-hydrogen) atoms. The Morgan fingerprint density at radius 3 is 3.23 bits per heavy atom. The zero-order valence-corrected chi connectivity index (χ0v) is 7.71. The number of hydrogen-bond donors (Lipinski definition) is 2. The summed E-state index contributed by atoms with van der Waals surface area (Å²) in [5, 5.41) is 12.7. The first-order valence-corrected chi connectivity index (χ1v) is 4.48. The Morgan fingerprint density at radius 1 is 1.62 bits per heavy atom. The van der Waals surface area contributed by atoms with Gasteiger partial charge in [-0.05, 0) is 18.2 Å². The Hall–Kier alpha value is -0.930. The van der Waals surface area contributed by atoms with Gasteiger partial charge in [0.1, 0.15) is 11.9 Å². The maximum absolute atomic E-state index is 8.88. The lowest BCUT2D eigenvalue weighted by Gasteiger charge is -2.25. The molecular formula is C9H10ClNO2. The van der Waals surface area contributed by atoms with Crippen molar-refractivity contribution in [3.8, 4) is 5.75 Å². The van der Waals surface area contributed by atoms with Gasteiger partial charge in [-0.2, -0.15) is 0 Å². The van der Waals surface area contributed by atoms with Crippen LogP contribution in [-0.4, -0.2) is 24.4 Å². The number of fused-ring (bicyclic) bond motifs is 1. The molecule has 70 valence electrons. The Bertz CT molecular complexity index is 316. The first-order valence-electron chi connectivity index (χ1n) is 4.10. The van der Waals surface area contributed by atoms with Gasteiger partial charge in [-0.1, -0.05) is 11.6 Å². The van der Waals surface area contributed by atoms with E-state index in [4.69, 9.17) is 21.4 Å². The molecule has 0 radical (unpaired) electrons. The van der Waals surface area contributed by atoms with Gasteiger partial charge in [-0.25, -0.2) is 0 Å². The number of halogens is 1. The second kappa shape index (κ2) is 3.44. The van der Waals surface area contributed by atoms with Crippen molar-refractivity contribution in [2.75, 3.05) is 18.5 Å². The molecule has 2 rings (SSSR count). The highest BCUT2D eigenvalue weighted by atomic mass is 35.5. The van der Waals surface area contributed by atoms with Gasteiger partial charge in [-0.3, -0.25) is 0 Å². The Balaban J connectivity index is 2.26. The Labute approximate surface area is 81.3 Å². The molecular weight excluding hydrogens is 190 g/mol. The molecule has 0 spiro atoms. The fourth-order valence-electron chi connectivity index (χ4n) is 1.29. The molecule has 0 saturated heterocycles. The van der Waals surface area contributed by atoms with Crippen molar-refractivity contribution >= 4 is 17.3 Å². The van der Waals surface area contributed by atoms with Crippen molar-refractivity contribution in [2.24, 2.45) is 0 Å². The number of hydrogen-bond acceptors (Lipinski definition) is 3. The van der Waals surface area contributed by atoms with Gasteiger partial charge in [0.25, 0.3) is 0 Å². The molecule has 0 amide bonds. The van der Waals surface area contributed by atoms with Gasteiger partial charge in [0.2, 0.25) is 0 Å². The van der Waals surface area contributed by atoms with Gasteiger partial charge < -0.3 is 15.2 Å². The van der Waals surface area contributed by atoms with Crippen LogP contribution < -0.4 is 10.1 Å². The van der Waals surface area contributed by atoms with E-state index in [1.807, 2.05) is 6.07 Å². The molecule has 1 unspecified atom stereocenters. The summed E-state index contributed by atoms with van der Waals surface area (Å²) >= 11 is 5.80. The van der Waals surface area contributed by atoms with Crippen LogP contribution in [0.5, 0.6) is 5.75 Å². The molecule has 0 fully saturated rings. The Kier molecular flexibility index (Phi) is 2.29. The van der Waals surface area contributed by atoms with E-state index in [9.17, 15) is 0 Å². The summed E-state index contributed by atoms with van der Waals surface area (Å²) in [6.45, 7) is 0.638. The third-order valence-corrected chi connectivity index (χ3v) is 2.19. The van der Waals surface area contributed by atoms with Crippen LogP contribution in [0.15, 0.2) is 18.2 Å². The predicted octanol–water partition coefficient (Wildman–Crippen LogP) is 1.51. The minimum absolute atomic E-state index is 0.0229. The zero-order chi connectivity index (χ0) is 9.26. The zero-order valence-electron chi connectivity index (χ0n) is 6.96. The van der Waals surface area contributed by atoms with E-state index in [0.717, 1.165) is 11.4 Å². The summed E-state index contributed by atoms with van der Waals surface area (Å²) in [7, 11) is 0. The second-order valence-electron chi connectivity index (χ2n) is 2.94. The average Bonchev–Trinajstić information content (AvgIpc) is 2.17. The molecule has 0 saturated carbocycles. The number of benzene rings is 1. The van der Waals surface area contributed by atoms with Gasteiger partial charge in [-0.15, -0.1) is 0 Å². The number of aliphatic hydroxyl groups is 1. The molecule has 3 nitrogen and oxygen atoms in total. The quantitative estimate of drug-likeness (QED) is 0.721. The third kappa shape index (κ3) is 1.71. The summed E-state index contributed by atoms with van der Waals surface area (Å²) < 4.78 is 5.46. The van der Waals surface area contributed by atoms with Gasteiger partial charge in [0.05, 0.1) is 18.8 Å². The van der Waals surface area contributed by atoms with E-state index in [1.54, 1.807) is 12.1 Å². The van der Waals surface area contributed by atoms with E-state index in [1.165, 1.54) is 0 Å². The Morgan fingerprint density at radius 2 is 2.46 bits per heavy atom. The molecule has 1 atom stereocenters. The van der Waals surface area contributed by atoms with E-state index in [0.29, 0.717) is 11.6 Å². The largest absolute Gasteiger partial charge is 0.484 e. The van der Waals surface area contributed by atoms with E-state index >= 15 is 0 Å². The minimum atomic E-state index is -0.159. The van der Waals surface area contributed by atoms with Crippen molar-refractivity contribution in [1.29, 1.82) is 0 Å². The molecule has 2 N–H and O–H groups in total. The molecule has 1 heterocycles. The fraction of sp³-hybridized carbons (Fsp3) is 0.333. The monoisotopic (exact) mass is 199 g/mol. The predicted molar refractivity (Wildman–Crippen MR) is 51.4 cm³/mol. The molecule has 0 bridgehead atoms. The molecule has 0 aromatic heterocycles. The lowest BCUT2D eigenvalue weighted by molar-refractivity contribution is 0.120. The maximum Gasteiger partial charge on any atom is 0.143 e. The summed E-state index contributed by atoms with van der Waals surface area (Å²) in [4.78, 5) is 0. The first-order chi connectivity index (χ1) is 6.29. The van der Waals surface area contributed by atoms with Crippen molar-refractivity contribution in [3.63, 3.8) is 0 Å². The third-order valence-electron chi connectivity index (χ3n) is 1.96. The van der Waals surface area contributed by atoms with Crippen LogP contribution in [0.4, 0.5) is 5.69 Å². The van der Waals surface area contributed by atoms with Crippen LogP contribution in [0.3, 0.4) is 0 Å². The van der Waals surface area contributed by atoms with Crippen LogP contribution in [-0.2, 0) is 0 Å². The highest BCUT2D eigenvalue weighted by molar-refractivity contribution is 6.30. The van der Waals surface area contributed by atoms with Gasteiger partial charge in [0, 0.05) is 5.02 Å². The maximum atomic E-state index is 8.88. The van der Waals surface area contributed by atoms with Crippen molar-refractivity contribution in [2.45, 2.75) is 6.10 Å². The normalized spacial score (nSPS) is 20.0. The summed E-state index contributed by atoms with van der Waals surface area (Å²) in [6, 6.07) is 5.37. The smallest absolute Gasteiger partial charge is 0.143 e. The van der Waals surface area contributed by atoms with Crippen molar-refractivity contribution < 1.29 is 9.84 Å². The highest BCUT2D eigenvalue weighted by Crippen LogP contribution is 2.31. The molecule has 0 aliphatic carbocycles. The molecule has 1 aliphatic heterocycles. The highest BCUT2D eigenvalue weighted by Gasteiger charge is 2.17. The van der Waals surface area contributed by atoms with Crippen LogP contribution >= 0.6 is 11.6 Å². The number of aliphatic hydroxyl groups excluding tert-OH is 1. The molecule has 1 aliphatic rings. The topological polar surface area (TPSA) is 41.5 Å². The van der Waals surface area contributed by atoms with E-state index in [2.05, 4.69) is 5.32 Å². The lowest BCUT2D eigenvalue weighted by Crippen LogP contribution is -2.33. The number of nitrogens with one attached hydrogen (secondary N) is 1. The van der Waals surface area contributed by atoms with Crippen LogP contribution in [0.1, 0.15) is 0 Å². The van der Waals surface area contributed by atoms with Crippen molar-refractivity contribution in [3.05, 3.63) is 23.2 Å². The molecule has 1 aromatic rings. The summed E-state index contributed by atoms with van der Waals surface area (Å²) in [6.07, 6.45) is -0.159. The molecule has 4 heteroatoms. The van der Waals surface area contributed by atoms with Gasteiger partial charge >= 0.3 is 0 Å². The summed E-state index contributed by atoms with van der Waals surface area (Å²) in [5.74, 6) is 0.745. The fourth-order valence-corrected chi connectivity index (χ4v) is 1.46. The lowest BCUT2D eigenvalue weighted by atomic mass is 10.2. The number of rotatable bonds is 1. The standard InChI is InChI=1S/C9H10ClNO2/c10-6-1-2-9-8(3-6)11-4-7(5-12)13-9/h1-3,7,11-12H,4-5H2. The van der Waals surface area contributed by atoms with Gasteiger partial charge in [0.15, 0.2) is 0 Å². The average molecular weight is 200 g/mol. The number of anilines is 1. The second-order valence-corrected chi connectivity index (χ2v) is 3.38. The van der Waals surface area contributed by atoms with Crippen LogP contribution in [0.2, 0.25) is 5.02 Å². The SMILES string of the molecule is OCC1CNc2cc(Cl)ccc2O1. The van der Waals surface area contributed by atoms with Crippen LogP contribution in [0, 0.1) is 0 Å². The number of ether oxygens (including phenoxy) is 1. The molecule has 1 aromatic carbocycles. The van der Waals surface area contributed by atoms with Crippen molar-refractivity contribution in [1.82, 2.24) is 0 Å². The van der Waals surface area contributed by atoms with Crippen LogP contribution in [0.25, 0.3) is 0 Å². The summed E-state index contributed by atoms with van der Waals surface area (Å²) in [5.41, 5.74) is 0.886. The first kappa shape index (κ1) is 8.66. The van der Waals surface area contributed by atoms with E-state index < -0.39 is 0 Å². The minimum Gasteiger partial charge on any atom is -0.484 e.